The molecule has 0 saturated heterocycles. The normalized spacial score (nSPS) is 11.9. The second-order valence-corrected chi connectivity index (χ2v) is 4.08. The van der Waals surface area contributed by atoms with Crippen LogP contribution >= 0.6 is 0 Å². The Hall–Kier alpha value is -1.88. The van der Waals surface area contributed by atoms with Gasteiger partial charge in [0.25, 0.3) is 5.91 Å². The van der Waals surface area contributed by atoms with Crippen LogP contribution in [0.1, 0.15) is 35.7 Å². The predicted molar refractivity (Wildman–Crippen MR) is 69.7 cm³/mol. The van der Waals surface area contributed by atoms with E-state index in [4.69, 9.17) is 11.5 Å². The van der Waals surface area contributed by atoms with Crippen molar-refractivity contribution in [2.45, 2.75) is 32.4 Å². The van der Waals surface area contributed by atoms with Crippen molar-refractivity contribution in [3.8, 4) is 0 Å². The van der Waals surface area contributed by atoms with Crippen LogP contribution in [-0.2, 0) is 11.3 Å². The minimum absolute atomic E-state index is 0.276. The van der Waals surface area contributed by atoms with Crippen LogP contribution < -0.4 is 16.8 Å². The maximum Gasteiger partial charge on any atom is 0.252 e. The van der Waals surface area contributed by atoms with Gasteiger partial charge in [0.15, 0.2) is 0 Å². The second kappa shape index (κ2) is 6.76. The van der Waals surface area contributed by atoms with Gasteiger partial charge in [-0.05, 0) is 18.1 Å². The van der Waals surface area contributed by atoms with E-state index in [2.05, 4.69) is 5.32 Å². The minimum Gasteiger partial charge on any atom is -0.368 e. The van der Waals surface area contributed by atoms with Gasteiger partial charge in [-0.3, -0.25) is 9.59 Å². The Bertz CT molecular complexity index is 432. The highest BCUT2D eigenvalue weighted by atomic mass is 16.2. The van der Waals surface area contributed by atoms with Crippen molar-refractivity contribution in [3.05, 3.63) is 35.4 Å². The molecule has 5 N–H and O–H groups in total. The average molecular weight is 249 g/mol. The van der Waals surface area contributed by atoms with Gasteiger partial charge < -0.3 is 16.8 Å². The summed E-state index contributed by atoms with van der Waals surface area (Å²) < 4.78 is 0. The Morgan fingerprint density at radius 2 is 2.00 bits per heavy atom. The first kappa shape index (κ1) is 14.2. The molecule has 0 aromatic heterocycles. The highest BCUT2D eigenvalue weighted by Crippen LogP contribution is 2.08. The van der Waals surface area contributed by atoms with Crippen molar-refractivity contribution >= 4 is 11.8 Å². The van der Waals surface area contributed by atoms with Crippen molar-refractivity contribution in [1.29, 1.82) is 0 Å². The molecule has 2 amide bonds. The van der Waals surface area contributed by atoms with Gasteiger partial charge in [0, 0.05) is 12.1 Å². The molecule has 0 heterocycles. The summed E-state index contributed by atoms with van der Waals surface area (Å²) in [6.45, 7) is 2.20. The summed E-state index contributed by atoms with van der Waals surface area (Å²) >= 11 is 0. The monoisotopic (exact) mass is 249 g/mol. The van der Waals surface area contributed by atoms with E-state index in [1.165, 1.54) is 0 Å². The van der Waals surface area contributed by atoms with Crippen molar-refractivity contribution in [2.75, 3.05) is 0 Å². The smallest absolute Gasteiger partial charge is 0.252 e. The van der Waals surface area contributed by atoms with Gasteiger partial charge >= 0.3 is 0 Å². The summed E-state index contributed by atoms with van der Waals surface area (Å²) in [7, 11) is 0. The lowest BCUT2D eigenvalue weighted by Crippen LogP contribution is -2.44. The maximum absolute atomic E-state index is 12.0. The summed E-state index contributed by atoms with van der Waals surface area (Å²) in [5, 5.41) is 2.64. The van der Waals surface area contributed by atoms with E-state index in [9.17, 15) is 9.59 Å². The Kier molecular flexibility index (Phi) is 5.32. The van der Waals surface area contributed by atoms with Crippen molar-refractivity contribution < 1.29 is 9.59 Å². The molecular formula is C13H19N3O2. The fourth-order valence-electron chi connectivity index (χ4n) is 1.73. The molecule has 0 spiro atoms. The molecule has 0 fully saturated rings. The van der Waals surface area contributed by atoms with Crippen LogP contribution in [0.25, 0.3) is 0 Å². The molecule has 18 heavy (non-hydrogen) atoms. The molecule has 1 unspecified atom stereocenters. The van der Waals surface area contributed by atoms with Gasteiger partial charge in [-0.15, -0.1) is 0 Å². The molecule has 0 aliphatic heterocycles. The van der Waals surface area contributed by atoms with Crippen LogP contribution in [0.15, 0.2) is 24.3 Å². The molecular weight excluding hydrogens is 230 g/mol. The maximum atomic E-state index is 12.0. The lowest BCUT2D eigenvalue weighted by molar-refractivity contribution is -0.120. The first-order chi connectivity index (χ1) is 8.60. The van der Waals surface area contributed by atoms with Crippen LogP contribution in [0, 0.1) is 0 Å². The standard InChI is InChI=1S/C13H19N3O2/c1-2-5-11(12(15)17)16-13(18)10-7-4-3-6-9(10)8-14/h3-4,6-7,11H,2,5,8,14H2,1H3,(H2,15,17)(H,16,18). The molecule has 1 aromatic rings. The number of benzene rings is 1. The van der Waals surface area contributed by atoms with E-state index in [-0.39, 0.29) is 12.5 Å². The van der Waals surface area contributed by atoms with Crippen LogP contribution in [0.4, 0.5) is 0 Å². The Morgan fingerprint density at radius 3 is 2.56 bits per heavy atom. The summed E-state index contributed by atoms with van der Waals surface area (Å²) in [6.07, 6.45) is 1.30. The molecule has 1 aromatic carbocycles. The average Bonchev–Trinajstić information content (AvgIpc) is 2.37. The van der Waals surface area contributed by atoms with E-state index in [1.807, 2.05) is 13.0 Å². The zero-order chi connectivity index (χ0) is 13.5. The summed E-state index contributed by atoms with van der Waals surface area (Å²) in [5.41, 5.74) is 12.0. The number of hydrogen-bond donors (Lipinski definition) is 3. The molecule has 1 atom stereocenters. The van der Waals surface area contributed by atoms with E-state index in [0.717, 1.165) is 12.0 Å². The van der Waals surface area contributed by atoms with Gasteiger partial charge in [-0.2, -0.15) is 0 Å². The Morgan fingerprint density at radius 1 is 1.33 bits per heavy atom. The molecule has 5 heteroatoms. The first-order valence-corrected chi connectivity index (χ1v) is 5.98. The van der Waals surface area contributed by atoms with Crippen LogP contribution in [-0.4, -0.2) is 17.9 Å². The number of hydrogen-bond acceptors (Lipinski definition) is 3. The first-order valence-electron chi connectivity index (χ1n) is 5.98. The van der Waals surface area contributed by atoms with E-state index >= 15 is 0 Å². The number of nitrogens with one attached hydrogen (secondary N) is 1. The van der Waals surface area contributed by atoms with E-state index in [0.29, 0.717) is 12.0 Å². The third kappa shape index (κ3) is 3.56. The molecule has 0 saturated carbocycles. The third-order valence-corrected chi connectivity index (χ3v) is 2.71. The Labute approximate surface area is 107 Å². The van der Waals surface area contributed by atoms with Crippen molar-refractivity contribution in [3.63, 3.8) is 0 Å². The van der Waals surface area contributed by atoms with Gasteiger partial charge in [-0.1, -0.05) is 31.5 Å². The van der Waals surface area contributed by atoms with E-state index < -0.39 is 11.9 Å². The third-order valence-electron chi connectivity index (χ3n) is 2.71. The highest BCUT2D eigenvalue weighted by Gasteiger charge is 2.19. The van der Waals surface area contributed by atoms with Crippen LogP contribution in [0.3, 0.4) is 0 Å². The largest absolute Gasteiger partial charge is 0.368 e. The summed E-state index contributed by atoms with van der Waals surface area (Å²) in [5.74, 6) is -0.830. The van der Waals surface area contributed by atoms with Gasteiger partial charge in [-0.25, -0.2) is 0 Å². The Balaban J connectivity index is 2.83. The van der Waals surface area contributed by atoms with E-state index in [1.54, 1.807) is 18.2 Å². The molecule has 0 radical (unpaired) electrons. The molecule has 0 aliphatic carbocycles. The number of primary amides is 1. The SMILES string of the molecule is CCCC(NC(=O)c1ccccc1CN)C(N)=O. The zero-order valence-corrected chi connectivity index (χ0v) is 10.5. The lowest BCUT2D eigenvalue weighted by atomic mass is 10.1. The van der Waals surface area contributed by atoms with Crippen LogP contribution in [0.2, 0.25) is 0 Å². The molecule has 98 valence electrons. The summed E-state index contributed by atoms with van der Waals surface area (Å²) in [6, 6.07) is 6.41. The minimum atomic E-state index is -0.631. The number of carbonyl (C=O) groups is 2. The van der Waals surface area contributed by atoms with Crippen molar-refractivity contribution in [1.82, 2.24) is 5.32 Å². The quantitative estimate of drug-likeness (QED) is 0.685. The fourth-order valence-corrected chi connectivity index (χ4v) is 1.73. The summed E-state index contributed by atoms with van der Waals surface area (Å²) in [4.78, 5) is 23.2. The number of carbonyl (C=O) groups excluding carboxylic acids is 2. The highest BCUT2D eigenvalue weighted by molar-refractivity contribution is 5.98. The van der Waals surface area contributed by atoms with Crippen LogP contribution in [0.5, 0.6) is 0 Å². The molecule has 1 rings (SSSR count). The topological polar surface area (TPSA) is 98.2 Å². The van der Waals surface area contributed by atoms with Gasteiger partial charge in [0.1, 0.15) is 6.04 Å². The predicted octanol–water partition coefficient (Wildman–Crippen LogP) is 0.529. The van der Waals surface area contributed by atoms with Gasteiger partial charge in [0.05, 0.1) is 0 Å². The van der Waals surface area contributed by atoms with Crippen molar-refractivity contribution in [2.24, 2.45) is 11.5 Å². The number of rotatable bonds is 6. The molecule has 0 aliphatic rings. The molecule has 0 bridgehead atoms. The lowest BCUT2D eigenvalue weighted by Gasteiger charge is -2.15. The number of amides is 2. The number of nitrogens with two attached hydrogens (primary N) is 2. The fraction of sp³-hybridized carbons (Fsp3) is 0.385. The van der Waals surface area contributed by atoms with Gasteiger partial charge in [0.2, 0.25) is 5.91 Å². The second-order valence-electron chi connectivity index (χ2n) is 4.08. The molecule has 5 nitrogen and oxygen atoms in total. The zero-order valence-electron chi connectivity index (χ0n) is 10.5.